The normalized spacial score (nSPS) is 31.6. The van der Waals surface area contributed by atoms with Gasteiger partial charge in [-0.25, -0.2) is 0 Å². The molecule has 2 saturated carbocycles. The van der Waals surface area contributed by atoms with Crippen LogP contribution in [-0.2, 0) is 10.8 Å². The minimum atomic E-state index is -0.611. The zero-order valence-electron chi connectivity index (χ0n) is 9.63. The molecule has 0 saturated heterocycles. The number of rotatable bonds is 0. The summed E-state index contributed by atoms with van der Waals surface area (Å²) in [6, 6.07) is 0. The summed E-state index contributed by atoms with van der Waals surface area (Å²) in [5.41, 5.74) is 0. The second-order valence-corrected chi connectivity index (χ2v) is 6.31. The molecule has 14 heavy (non-hydrogen) atoms. The summed E-state index contributed by atoms with van der Waals surface area (Å²) < 4.78 is 9.56. The first-order chi connectivity index (χ1) is 6.70. The van der Waals surface area contributed by atoms with Gasteiger partial charge in [-0.1, -0.05) is 51.4 Å². The molecule has 0 aromatic carbocycles. The lowest BCUT2D eigenvalue weighted by Gasteiger charge is -2.35. The van der Waals surface area contributed by atoms with Crippen molar-refractivity contribution in [2.45, 2.75) is 51.4 Å². The average molecular weight is 216 g/mol. The maximum atomic E-state index is 9.56. The summed E-state index contributed by atoms with van der Waals surface area (Å²) in [5, 5.41) is 0. The van der Waals surface area contributed by atoms with Gasteiger partial charge in [0.1, 0.15) is 0 Å². The Morgan fingerprint density at radius 1 is 0.786 bits per heavy atom. The molecular formula is C12H24OS. The van der Waals surface area contributed by atoms with Crippen LogP contribution in [0.25, 0.3) is 0 Å². The molecule has 0 amide bonds. The summed E-state index contributed by atoms with van der Waals surface area (Å²) in [6.07, 6.45) is 15.6. The molecule has 0 unspecified atom stereocenters. The summed E-state index contributed by atoms with van der Waals surface area (Å²) in [5.74, 6) is 2.31. The van der Waals surface area contributed by atoms with Crippen molar-refractivity contribution in [3.8, 4) is 0 Å². The highest BCUT2D eigenvalue weighted by molar-refractivity contribution is 7.83. The molecule has 1 nitrogen and oxygen atoms in total. The van der Waals surface area contributed by atoms with E-state index in [-0.39, 0.29) is 0 Å². The van der Waals surface area contributed by atoms with Crippen molar-refractivity contribution >= 4 is 10.8 Å². The molecule has 2 aliphatic carbocycles. The van der Waals surface area contributed by atoms with E-state index in [1.807, 2.05) is 0 Å². The lowest BCUT2D eigenvalue weighted by Crippen LogP contribution is -2.22. The number of hydrogen-bond donors (Lipinski definition) is 0. The Kier molecular flexibility index (Phi) is 5.76. The van der Waals surface area contributed by atoms with Crippen LogP contribution < -0.4 is 0 Å². The average Bonchev–Trinajstić information content (AvgIpc) is 2.17. The van der Waals surface area contributed by atoms with Crippen LogP contribution in [0.5, 0.6) is 0 Å². The molecule has 2 heteroatoms. The van der Waals surface area contributed by atoms with Gasteiger partial charge in [-0.2, -0.15) is 0 Å². The Morgan fingerprint density at radius 3 is 1.21 bits per heavy atom. The van der Waals surface area contributed by atoms with Crippen LogP contribution >= 0.6 is 0 Å². The van der Waals surface area contributed by atoms with Gasteiger partial charge in [0.25, 0.3) is 0 Å². The van der Waals surface area contributed by atoms with Crippen molar-refractivity contribution in [1.82, 2.24) is 0 Å². The van der Waals surface area contributed by atoms with E-state index in [0.717, 1.165) is 11.8 Å². The van der Waals surface area contributed by atoms with E-state index in [1.165, 1.54) is 25.7 Å². The minimum Gasteiger partial charge on any atom is -0.260 e. The van der Waals surface area contributed by atoms with Crippen LogP contribution in [0.2, 0.25) is 0 Å². The maximum absolute atomic E-state index is 9.56. The lowest BCUT2D eigenvalue weighted by molar-refractivity contribution is 0.171. The highest BCUT2D eigenvalue weighted by Gasteiger charge is 2.26. The van der Waals surface area contributed by atoms with Crippen molar-refractivity contribution < 1.29 is 4.21 Å². The molecule has 0 N–H and O–H groups in total. The fourth-order valence-corrected chi connectivity index (χ4v) is 2.86. The van der Waals surface area contributed by atoms with Crippen LogP contribution in [-0.4, -0.2) is 16.7 Å². The molecule has 2 fully saturated rings. The number of fused-ring (bicyclic) bond motifs is 1. The first-order valence-corrected chi connectivity index (χ1v) is 7.92. The standard InChI is InChI=1S/C10H18.C2H6OS/c1-2-6-10-8-4-3-7-9(10)5-1;1-4(2)3/h9-10H,1-8H2;1-2H3. The molecule has 0 spiro atoms. The van der Waals surface area contributed by atoms with Crippen molar-refractivity contribution in [2.24, 2.45) is 11.8 Å². The Hall–Kier alpha value is 0.150. The van der Waals surface area contributed by atoms with Gasteiger partial charge in [-0.3, -0.25) is 4.21 Å². The molecule has 0 radical (unpaired) electrons. The monoisotopic (exact) mass is 216 g/mol. The quantitative estimate of drug-likeness (QED) is 0.607. The Bertz CT molecular complexity index is 149. The molecule has 84 valence electrons. The van der Waals surface area contributed by atoms with Crippen LogP contribution in [0.1, 0.15) is 51.4 Å². The Morgan fingerprint density at radius 2 is 1.00 bits per heavy atom. The molecule has 2 rings (SSSR count). The molecule has 0 bridgehead atoms. The van der Waals surface area contributed by atoms with Gasteiger partial charge in [0.05, 0.1) is 0 Å². The minimum absolute atomic E-state index is 0.611. The molecule has 0 aliphatic heterocycles. The zero-order valence-corrected chi connectivity index (χ0v) is 10.4. The van der Waals surface area contributed by atoms with Gasteiger partial charge in [0.2, 0.25) is 0 Å². The van der Waals surface area contributed by atoms with E-state index in [1.54, 1.807) is 38.2 Å². The van der Waals surface area contributed by atoms with Crippen LogP contribution in [0.3, 0.4) is 0 Å². The van der Waals surface area contributed by atoms with Crippen LogP contribution in [0.15, 0.2) is 0 Å². The van der Waals surface area contributed by atoms with Crippen molar-refractivity contribution in [3.05, 3.63) is 0 Å². The first-order valence-electron chi connectivity index (χ1n) is 5.95. The zero-order chi connectivity index (χ0) is 10.4. The lowest BCUT2D eigenvalue weighted by atomic mass is 9.71. The molecular weight excluding hydrogens is 192 g/mol. The van der Waals surface area contributed by atoms with Crippen molar-refractivity contribution in [2.75, 3.05) is 12.5 Å². The Balaban J connectivity index is 0.000000213. The topological polar surface area (TPSA) is 17.1 Å². The molecule has 0 heterocycles. The summed E-state index contributed by atoms with van der Waals surface area (Å²) in [6.45, 7) is 0. The van der Waals surface area contributed by atoms with Crippen LogP contribution in [0, 0.1) is 11.8 Å². The van der Waals surface area contributed by atoms with Crippen molar-refractivity contribution in [1.29, 1.82) is 0 Å². The Labute approximate surface area is 91.1 Å². The summed E-state index contributed by atoms with van der Waals surface area (Å²) in [7, 11) is -0.611. The predicted octanol–water partition coefficient (Wildman–Crippen LogP) is 3.36. The van der Waals surface area contributed by atoms with Gasteiger partial charge in [-0.05, 0) is 11.8 Å². The summed E-state index contributed by atoms with van der Waals surface area (Å²) in [4.78, 5) is 0. The third kappa shape index (κ3) is 4.59. The third-order valence-electron chi connectivity index (χ3n) is 3.47. The highest BCUT2D eigenvalue weighted by Crippen LogP contribution is 2.39. The van der Waals surface area contributed by atoms with E-state index < -0.39 is 10.8 Å². The predicted molar refractivity (Wildman–Crippen MR) is 63.9 cm³/mol. The van der Waals surface area contributed by atoms with Crippen LogP contribution in [0.4, 0.5) is 0 Å². The molecule has 0 aromatic rings. The number of hydrogen-bond acceptors (Lipinski definition) is 1. The van der Waals surface area contributed by atoms with Gasteiger partial charge in [0.15, 0.2) is 0 Å². The van der Waals surface area contributed by atoms with Gasteiger partial charge < -0.3 is 0 Å². The van der Waals surface area contributed by atoms with E-state index >= 15 is 0 Å². The van der Waals surface area contributed by atoms with E-state index in [4.69, 9.17) is 0 Å². The fourth-order valence-electron chi connectivity index (χ4n) is 2.86. The molecule has 0 atom stereocenters. The molecule has 0 aromatic heterocycles. The smallest absolute Gasteiger partial charge is 0.0148 e. The SMILES string of the molecule is C1CCC2CCCCC2C1.CS(C)=O. The van der Waals surface area contributed by atoms with Gasteiger partial charge >= 0.3 is 0 Å². The molecule has 2 aliphatic rings. The second kappa shape index (κ2) is 6.60. The maximum Gasteiger partial charge on any atom is 0.0148 e. The van der Waals surface area contributed by atoms with Gasteiger partial charge in [0, 0.05) is 23.3 Å². The fraction of sp³-hybridized carbons (Fsp3) is 1.00. The van der Waals surface area contributed by atoms with Gasteiger partial charge in [-0.15, -0.1) is 0 Å². The van der Waals surface area contributed by atoms with E-state index in [0.29, 0.717) is 0 Å². The summed E-state index contributed by atoms with van der Waals surface area (Å²) >= 11 is 0. The third-order valence-corrected chi connectivity index (χ3v) is 3.47. The van der Waals surface area contributed by atoms with Crippen molar-refractivity contribution in [3.63, 3.8) is 0 Å². The second-order valence-electron chi connectivity index (χ2n) is 4.83. The van der Waals surface area contributed by atoms with E-state index in [9.17, 15) is 4.21 Å². The van der Waals surface area contributed by atoms with E-state index in [2.05, 4.69) is 0 Å². The largest absolute Gasteiger partial charge is 0.260 e. The first kappa shape index (κ1) is 12.2. The highest BCUT2D eigenvalue weighted by atomic mass is 32.2.